The summed E-state index contributed by atoms with van der Waals surface area (Å²) in [4.78, 5) is 39.7. The Morgan fingerprint density at radius 2 is 2.07 bits per heavy atom. The molecule has 1 aromatic heterocycles. The fourth-order valence-electron chi connectivity index (χ4n) is 3.89. The van der Waals surface area contributed by atoms with Gasteiger partial charge in [0.05, 0.1) is 0 Å². The minimum absolute atomic E-state index is 0.0605. The van der Waals surface area contributed by atoms with Gasteiger partial charge in [0.25, 0.3) is 0 Å². The monoisotopic (exact) mass is 431 g/mol. The van der Waals surface area contributed by atoms with Gasteiger partial charge in [0.2, 0.25) is 11.8 Å². The van der Waals surface area contributed by atoms with Crippen molar-refractivity contribution in [2.45, 2.75) is 30.9 Å². The molecule has 10 heteroatoms. The Labute approximate surface area is 177 Å². The van der Waals surface area contributed by atoms with Crippen LogP contribution in [0.3, 0.4) is 0 Å². The van der Waals surface area contributed by atoms with Crippen molar-refractivity contribution in [1.29, 1.82) is 0 Å². The molecule has 1 aromatic rings. The van der Waals surface area contributed by atoms with E-state index in [2.05, 4.69) is 0 Å². The molecule has 0 saturated carbocycles. The SMILES string of the molecule is N[C@@H]1C(=O)N2C(C(=O)O)=C(C=C3CCN(Cc4cc[n+](CCO)cc4)C3=O)CS[C@H]12. The number of aliphatic hydroxyl groups is 1. The van der Waals surface area contributed by atoms with Gasteiger partial charge in [-0.2, -0.15) is 0 Å². The second-order valence-corrected chi connectivity index (χ2v) is 8.53. The molecule has 30 heavy (non-hydrogen) atoms. The summed E-state index contributed by atoms with van der Waals surface area (Å²) in [7, 11) is 0. The van der Waals surface area contributed by atoms with Crippen molar-refractivity contribution in [1.82, 2.24) is 9.80 Å². The van der Waals surface area contributed by atoms with Gasteiger partial charge < -0.3 is 20.8 Å². The molecule has 0 aromatic carbocycles. The van der Waals surface area contributed by atoms with Gasteiger partial charge in [0.1, 0.15) is 23.7 Å². The lowest BCUT2D eigenvalue weighted by molar-refractivity contribution is -0.698. The third-order valence-electron chi connectivity index (χ3n) is 5.49. The van der Waals surface area contributed by atoms with E-state index in [-0.39, 0.29) is 23.6 Å². The maximum atomic E-state index is 12.8. The Balaban J connectivity index is 1.51. The van der Waals surface area contributed by atoms with E-state index in [0.29, 0.717) is 43.0 Å². The van der Waals surface area contributed by atoms with Gasteiger partial charge in [-0.3, -0.25) is 14.5 Å². The lowest BCUT2D eigenvalue weighted by Gasteiger charge is -2.47. The first kappa shape index (κ1) is 20.6. The molecular formula is C20H23N4O5S+. The normalized spacial score (nSPS) is 25.1. The van der Waals surface area contributed by atoms with Crippen LogP contribution in [-0.2, 0) is 27.5 Å². The van der Waals surface area contributed by atoms with Crippen LogP contribution in [0.25, 0.3) is 0 Å². The van der Waals surface area contributed by atoms with Crippen molar-refractivity contribution < 1.29 is 29.2 Å². The smallest absolute Gasteiger partial charge is 0.352 e. The van der Waals surface area contributed by atoms with E-state index in [9.17, 15) is 19.5 Å². The third kappa shape index (κ3) is 3.62. The highest BCUT2D eigenvalue weighted by molar-refractivity contribution is 8.00. The Morgan fingerprint density at radius 1 is 1.33 bits per heavy atom. The molecule has 0 unspecified atom stereocenters. The van der Waals surface area contributed by atoms with E-state index in [1.54, 1.807) is 11.0 Å². The maximum Gasteiger partial charge on any atom is 0.352 e. The molecule has 0 radical (unpaired) electrons. The number of pyridine rings is 1. The first-order valence-electron chi connectivity index (χ1n) is 9.66. The van der Waals surface area contributed by atoms with Gasteiger partial charge in [0, 0.05) is 36.5 Å². The second kappa shape index (κ2) is 8.21. The largest absolute Gasteiger partial charge is 0.477 e. The van der Waals surface area contributed by atoms with E-state index in [0.717, 1.165) is 5.56 Å². The number of aromatic nitrogens is 1. The van der Waals surface area contributed by atoms with Crippen molar-refractivity contribution in [2.75, 3.05) is 18.9 Å². The first-order valence-corrected chi connectivity index (χ1v) is 10.7. The number of rotatable bonds is 6. The number of likely N-dealkylation sites (tertiary alicyclic amines) is 1. The van der Waals surface area contributed by atoms with Gasteiger partial charge >= 0.3 is 5.97 Å². The van der Waals surface area contributed by atoms with Crippen molar-refractivity contribution in [3.8, 4) is 0 Å². The van der Waals surface area contributed by atoms with Crippen molar-refractivity contribution in [3.63, 3.8) is 0 Å². The minimum atomic E-state index is -1.19. The molecule has 4 heterocycles. The average Bonchev–Trinajstić information content (AvgIpc) is 3.07. The molecule has 9 nitrogen and oxygen atoms in total. The summed E-state index contributed by atoms with van der Waals surface area (Å²) in [6, 6.07) is 3.14. The lowest BCUT2D eigenvalue weighted by atomic mass is 10.0. The van der Waals surface area contributed by atoms with Crippen LogP contribution in [-0.4, -0.2) is 68.1 Å². The highest BCUT2D eigenvalue weighted by Crippen LogP contribution is 2.40. The summed E-state index contributed by atoms with van der Waals surface area (Å²) in [5.41, 5.74) is 7.69. The molecule has 4 N–H and O–H groups in total. The number of nitrogens with two attached hydrogens (primary N) is 1. The topological polar surface area (TPSA) is 128 Å². The fourth-order valence-corrected chi connectivity index (χ4v) is 5.14. The first-order chi connectivity index (χ1) is 14.4. The van der Waals surface area contributed by atoms with Gasteiger partial charge in [-0.25, -0.2) is 9.36 Å². The van der Waals surface area contributed by atoms with Gasteiger partial charge in [-0.15, -0.1) is 11.8 Å². The Bertz CT molecular complexity index is 958. The molecular weight excluding hydrogens is 408 g/mol. The third-order valence-corrected chi connectivity index (χ3v) is 6.82. The summed E-state index contributed by atoms with van der Waals surface area (Å²) in [5.74, 6) is -1.32. The molecule has 2 amide bonds. The zero-order valence-corrected chi connectivity index (χ0v) is 17.0. The zero-order valence-electron chi connectivity index (χ0n) is 16.2. The zero-order chi connectivity index (χ0) is 21.4. The number of carboxylic acids is 1. The van der Waals surface area contributed by atoms with Crippen LogP contribution in [0.1, 0.15) is 12.0 Å². The van der Waals surface area contributed by atoms with E-state index >= 15 is 0 Å². The second-order valence-electron chi connectivity index (χ2n) is 7.43. The molecule has 0 bridgehead atoms. The van der Waals surface area contributed by atoms with Crippen LogP contribution < -0.4 is 10.3 Å². The molecule has 3 aliphatic rings. The minimum Gasteiger partial charge on any atom is -0.477 e. The predicted molar refractivity (Wildman–Crippen MR) is 108 cm³/mol. The number of allylic oxidation sites excluding steroid dienone is 1. The summed E-state index contributed by atoms with van der Waals surface area (Å²) < 4.78 is 1.86. The number of carbonyl (C=O) groups excluding carboxylic acids is 2. The number of aliphatic hydroxyl groups excluding tert-OH is 1. The van der Waals surface area contributed by atoms with Crippen LogP contribution in [0.5, 0.6) is 0 Å². The van der Waals surface area contributed by atoms with Gasteiger partial charge in [0.15, 0.2) is 18.9 Å². The Hall–Kier alpha value is -2.69. The number of carboxylic acid groups (broad SMARTS) is 1. The van der Waals surface area contributed by atoms with Crippen LogP contribution in [0.15, 0.2) is 47.4 Å². The standard InChI is InChI=1S/C20H22N4O5S/c21-15-18(27)24-16(20(28)29)14(11-30-19(15)24)9-13-3-6-23(17(13)26)10-12-1-4-22(5-2-12)7-8-25/h1-2,4-5,9,15,19,25H,3,6-8,10-11,21H2/p+1/t15-,19-/m1/s1. The van der Waals surface area contributed by atoms with Crippen molar-refractivity contribution in [2.24, 2.45) is 5.73 Å². The summed E-state index contributed by atoms with van der Waals surface area (Å²) in [6.07, 6.45) is 5.87. The highest BCUT2D eigenvalue weighted by atomic mass is 32.2. The number of β-lactam (4-membered cyclic amide) rings is 1. The van der Waals surface area contributed by atoms with Gasteiger partial charge in [-0.05, 0) is 23.6 Å². The van der Waals surface area contributed by atoms with Crippen LogP contribution >= 0.6 is 11.8 Å². The van der Waals surface area contributed by atoms with E-state index in [1.807, 2.05) is 29.1 Å². The van der Waals surface area contributed by atoms with Crippen LogP contribution in [0.4, 0.5) is 0 Å². The van der Waals surface area contributed by atoms with E-state index in [1.165, 1.54) is 16.7 Å². The molecule has 0 spiro atoms. The van der Waals surface area contributed by atoms with Crippen molar-refractivity contribution >= 4 is 29.5 Å². The number of amides is 2. The summed E-state index contributed by atoms with van der Waals surface area (Å²) in [5, 5.41) is 18.3. The molecule has 158 valence electrons. The lowest BCUT2D eigenvalue weighted by Crippen LogP contribution is -2.68. The van der Waals surface area contributed by atoms with Crippen LogP contribution in [0, 0.1) is 0 Å². The number of fused-ring (bicyclic) bond motifs is 1. The number of aliphatic carboxylic acids is 1. The fraction of sp³-hybridized carbons (Fsp3) is 0.400. The quantitative estimate of drug-likeness (QED) is 0.306. The van der Waals surface area contributed by atoms with E-state index < -0.39 is 17.9 Å². The van der Waals surface area contributed by atoms with E-state index in [4.69, 9.17) is 10.8 Å². The Morgan fingerprint density at radius 3 is 2.73 bits per heavy atom. The number of thioether (sulfide) groups is 1. The Kier molecular flexibility index (Phi) is 5.63. The maximum absolute atomic E-state index is 12.8. The number of hydrogen-bond donors (Lipinski definition) is 3. The summed E-state index contributed by atoms with van der Waals surface area (Å²) >= 11 is 1.42. The molecule has 2 fully saturated rings. The average molecular weight is 431 g/mol. The molecule has 2 saturated heterocycles. The van der Waals surface area contributed by atoms with Crippen LogP contribution in [0.2, 0.25) is 0 Å². The molecule has 0 aliphatic carbocycles. The number of hydrogen-bond acceptors (Lipinski definition) is 6. The molecule has 3 aliphatic heterocycles. The predicted octanol–water partition coefficient (Wildman–Crippen LogP) is -0.794. The number of nitrogens with zero attached hydrogens (tertiary/aromatic N) is 3. The molecule has 2 atom stereocenters. The number of carbonyl (C=O) groups is 3. The molecule has 4 rings (SSSR count). The summed E-state index contributed by atoms with van der Waals surface area (Å²) in [6.45, 7) is 1.58. The highest BCUT2D eigenvalue weighted by Gasteiger charge is 2.51. The van der Waals surface area contributed by atoms with Gasteiger partial charge in [-0.1, -0.05) is 0 Å². The van der Waals surface area contributed by atoms with Crippen molar-refractivity contribution in [3.05, 3.63) is 53.0 Å².